The van der Waals surface area contributed by atoms with Crippen molar-refractivity contribution in [2.45, 2.75) is 5.41 Å². The molecule has 0 bridgehead atoms. The number of hydrogen-bond acceptors (Lipinski definition) is 2. The van der Waals surface area contributed by atoms with Gasteiger partial charge in [0.1, 0.15) is 0 Å². The molecule has 0 unspecified atom stereocenters. The molecule has 1 aliphatic carbocycles. The van der Waals surface area contributed by atoms with Gasteiger partial charge in [0, 0.05) is 37.1 Å². The number of benzene rings is 11. The van der Waals surface area contributed by atoms with Crippen molar-refractivity contribution in [1.82, 2.24) is 0 Å². The van der Waals surface area contributed by atoms with Gasteiger partial charge in [-0.2, -0.15) is 0 Å². The molecular formula is C67H45NS. The summed E-state index contributed by atoms with van der Waals surface area (Å²) in [5.74, 6) is 0. The van der Waals surface area contributed by atoms with Crippen molar-refractivity contribution in [3.8, 4) is 55.6 Å². The molecule has 1 aromatic heterocycles. The monoisotopic (exact) mass is 895 g/mol. The van der Waals surface area contributed by atoms with Crippen LogP contribution in [0.25, 0.3) is 75.8 Å². The summed E-state index contributed by atoms with van der Waals surface area (Å²) in [6, 6.07) is 101. The third-order valence-electron chi connectivity index (χ3n) is 14.2. The van der Waals surface area contributed by atoms with Crippen molar-refractivity contribution in [3.63, 3.8) is 0 Å². The first kappa shape index (κ1) is 40.7. The van der Waals surface area contributed by atoms with Crippen LogP contribution in [0.1, 0.15) is 22.3 Å². The average molecular weight is 896 g/mol. The lowest BCUT2D eigenvalue weighted by Crippen LogP contribution is -2.28. The van der Waals surface area contributed by atoms with E-state index in [1.165, 1.54) is 81.4 Å². The van der Waals surface area contributed by atoms with Crippen LogP contribution in [0, 0.1) is 0 Å². The van der Waals surface area contributed by atoms with E-state index in [1.807, 2.05) is 11.3 Å². The van der Waals surface area contributed by atoms with Gasteiger partial charge in [0.2, 0.25) is 0 Å². The Morgan fingerprint density at radius 2 is 0.768 bits per heavy atom. The van der Waals surface area contributed by atoms with Gasteiger partial charge < -0.3 is 4.90 Å². The Bertz CT molecular complexity index is 3760. The molecule has 2 heteroatoms. The molecule has 0 radical (unpaired) electrons. The summed E-state index contributed by atoms with van der Waals surface area (Å²) in [6.45, 7) is 0. The predicted molar refractivity (Wildman–Crippen MR) is 293 cm³/mol. The van der Waals surface area contributed by atoms with Crippen LogP contribution in [-0.4, -0.2) is 0 Å². The van der Waals surface area contributed by atoms with Crippen LogP contribution < -0.4 is 4.90 Å². The predicted octanol–water partition coefficient (Wildman–Crippen LogP) is 18.6. The Labute approximate surface area is 407 Å². The van der Waals surface area contributed by atoms with E-state index in [2.05, 4.69) is 278 Å². The van der Waals surface area contributed by atoms with E-state index in [4.69, 9.17) is 0 Å². The van der Waals surface area contributed by atoms with E-state index in [0.29, 0.717) is 0 Å². The maximum Gasteiger partial charge on any atom is 0.0714 e. The smallest absolute Gasteiger partial charge is 0.0714 e. The fraction of sp³-hybridized carbons (Fsp3) is 0.0149. The third kappa shape index (κ3) is 6.83. The fourth-order valence-corrected chi connectivity index (χ4v) is 12.2. The average Bonchev–Trinajstić information content (AvgIpc) is 3.96. The first-order chi connectivity index (χ1) is 34.2. The zero-order chi connectivity index (χ0) is 45.7. The molecule has 0 spiro atoms. The van der Waals surface area contributed by atoms with Gasteiger partial charge in [-0.25, -0.2) is 0 Å². The van der Waals surface area contributed by atoms with Crippen LogP contribution in [0.3, 0.4) is 0 Å². The Balaban J connectivity index is 1.06. The summed E-state index contributed by atoms with van der Waals surface area (Å²) in [5, 5.41) is 2.62. The highest BCUT2D eigenvalue weighted by atomic mass is 32.1. The molecule has 0 saturated carbocycles. The normalized spacial score (nSPS) is 12.5. The summed E-state index contributed by atoms with van der Waals surface area (Å²) < 4.78 is 2.63. The minimum absolute atomic E-state index is 0.551. The molecule has 0 aliphatic heterocycles. The Morgan fingerprint density at radius 1 is 0.290 bits per heavy atom. The quantitative estimate of drug-likeness (QED) is 0.140. The minimum Gasteiger partial charge on any atom is -0.310 e. The second kappa shape index (κ2) is 16.9. The molecule has 0 amide bonds. The molecule has 1 nitrogen and oxygen atoms in total. The number of fused-ring (bicyclic) bond motifs is 6. The van der Waals surface area contributed by atoms with Crippen LogP contribution >= 0.6 is 11.3 Å². The number of hydrogen-bond donors (Lipinski definition) is 0. The highest BCUT2D eigenvalue weighted by molar-refractivity contribution is 7.26. The largest absolute Gasteiger partial charge is 0.310 e. The maximum absolute atomic E-state index is 2.50. The van der Waals surface area contributed by atoms with Crippen molar-refractivity contribution in [3.05, 3.63) is 295 Å². The second-order valence-corrected chi connectivity index (χ2v) is 19.0. The third-order valence-corrected chi connectivity index (χ3v) is 15.4. The van der Waals surface area contributed by atoms with Crippen molar-refractivity contribution in [2.75, 3.05) is 4.90 Å². The zero-order valence-corrected chi connectivity index (χ0v) is 38.7. The van der Waals surface area contributed by atoms with Crippen molar-refractivity contribution < 1.29 is 0 Å². The SMILES string of the molecule is c1ccc(-c2ccc(-c3ccc(-c4ccccc4)cc3N(c3ccc(-c4cccc5c4sc4ccccc45)cc3)c3ccc4c(c3)C(c3ccccc3)(c3ccccc3)c3ccccc3-4)cc2)cc1. The first-order valence-corrected chi connectivity index (χ1v) is 24.6. The van der Waals surface area contributed by atoms with E-state index in [0.717, 1.165) is 33.8 Å². The number of nitrogens with zero attached hydrogens (tertiary/aromatic N) is 1. The zero-order valence-electron chi connectivity index (χ0n) is 37.8. The van der Waals surface area contributed by atoms with Gasteiger partial charge in [0.25, 0.3) is 0 Å². The van der Waals surface area contributed by atoms with E-state index < -0.39 is 5.41 Å². The minimum atomic E-state index is -0.551. The Kier molecular flexibility index (Phi) is 10.00. The lowest BCUT2D eigenvalue weighted by Gasteiger charge is -2.35. The Morgan fingerprint density at radius 3 is 1.48 bits per heavy atom. The molecule has 1 heterocycles. The molecule has 13 rings (SSSR count). The van der Waals surface area contributed by atoms with Crippen molar-refractivity contribution in [2.24, 2.45) is 0 Å². The molecule has 12 aromatic rings. The molecule has 0 saturated heterocycles. The van der Waals surface area contributed by atoms with Crippen LogP contribution in [0.15, 0.2) is 273 Å². The lowest BCUT2D eigenvalue weighted by molar-refractivity contribution is 0.768. The summed E-state index contributed by atoms with van der Waals surface area (Å²) >= 11 is 1.88. The summed E-state index contributed by atoms with van der Waals surface area (Å²) in [6.07, 6.45) is 0. The highest BCUT2D eigenvalue weighted by Gasteiger charge is 2.46. The molecule has 324 valence electrons. The molecule has 69 heavy (non-hydrogen) atoms. The topological polar surface area (TPSA) is 3.24 Å². The number of thiophene rings is 1. The van der Waals surface area contributed by atoms with E-state index in [9.17, 15) is 0 Å². The van der Waals surface area contributed by atoms with E-state index >= 15 is 0 Å². The van der Waals surface area contributed by atoms with Gasteiger partial charge in [-0.3, -0.25) is 0 Å². The van der Waals surface area contributed by atoms with Gasteiger partial charge in [0.15, 0.2) is 0 Å². The first-order valence-electron chi connectivity index (χ1n) is 23.7. The summed E-state index contributed by atoms with van der Waals surface area (Å²) in [7, 11) is 0. The number of anilines is 3. The van der Waals surface area contributed by atoms with Crippen molar-refractivity contribution in [1.29, 1.82) is 0 Å². The highest BCUT2D eigenvalue weighted by Crippen LogP contribution is 2.57. The van der Waals surface area contributed by atoms with Crippen molar-refractivity contribution >= 4 is 48.6 Å². The van der Waals surface area contributed by atoms with Crippen LogP contribution in [0.5, 0.6) is 0 Å². The van der Waals surface area contributed by atoms with Gasteiger partial charge in [-0.15, -0.1) is 11.3 Å². The summed E-state index contributed by atoms with van der Waals surface area (Å²) in [4.78, 5) is 2.50. The summed E-state index contributed by atoms with van der Waals surface area (Å²) in [5.41, 5.74) is 19.8. The van der Waals surface area contributed by atoms with Crippen LogP contribution in [-0.2, 0) is 5.41 Å². The van der Waals surface area contributed by atoms with Crippen LogP contribution in [0.4, 0.5) is 17.1 Å². The molecule has 1 aliphatic rings. The maximum atomic E-state index is 2.50. The van der Waals surface area contributed by atoms with Crippen LogP contribution in [0.2, 0.25) is 0 Å². The van der Waals surface area contributed by atoms with Gasteiger partial charge in [0.05, 0.1) is 11.1 Å². The lowest BCUT2D eigenvalue weighted by atomic mass is 9.67. The molecular weight excluding hydrogens is 851 g/mol. The second-order valence-electron chi connectivity index (χ2n) is 18.0. The van der Waals surface area contributed by atoms with Gasteiger partial charge >= 0.3 is 0 Å². The molecule has 0 fully saturated rings. The van der Waals surface area contributed by atoms with Gasteiger partial charge in [-0.1, -0.05) is 237 Å². The fourth-order valence-electron chi connectivity index (χ4n) is 11.0. The molecule has 0 atom stereocenters. The molecule has 11 aromatic carbocycles. The van der Waals surface area contributed by atoms with Gasteiger partial charge in [-0.05, 0) is 109 Å². The van der Waals surface area contributed by atoms with E-state index in [1.54, 1.807) is 0 Å². The molecule has 0 N–H and O–H groups in total. The van der Waals surface area contributed by atoms with E-state index in [-0.39, 0.29) is 0 Å². The number of rotatable bonds is 9. The standard InChI is InChI=1S/C67H45NS/c1-5-18-46(19-6-1)48-32-34-49(35-33-48)56-42-38-51(47-20-7-2-8-21-47)44-64(56)68(54-39-36-50(37-40-54)57-28-17-29-61-60-27-14-16-31-65(60)69-66(57)61)55-41-43-59-58-26-13-15-30-62(58)67(63(59)45-55,52-22-9-3-10-23-52)53-24-11-4-12-25-53/h1-45H. The Hall–Kier alpha value is -8.56.